The third-order valence-electron chi connectivity index (χ3n) is 4.06. The zero-order valence-corrected chi connectivity index (χ0v) is 10.9. The highest BCUT2D eigenvalue weighted by Gasteiger charge is 2.42. The number of rotatable bonds is 4. The van der Waals surface area contributed by atoms with Gasteiger partial charge in [-0.1, -0.05) is 43.7 Å². The Morgan fingerprint density at radius 1 is 1.18 bits per heavy atom. The summed E-state index contributed by atoms with van der Waals surface area (Å²) in [4.78, 5) is 11.7. The first-order valence-corrected chi connectivity index (χ1v) is 6.40. The zero-order valence-electron chi connectivity index (χ0n) is 10.9. The lowest BCUT2D eigenvalue weighted by molar-refractivity contribution is -0.120. The Bertz CT molecular complexity index is 388. The van der Waals surface area contributed by atoms with E-state index < -0.39 is 0 Å². The van der Waals surface area contributed by atoms with Crippen molar-refractivity contribution < 1.29 is 4.79 Å². The van der Waals surface area contributed by atoms with E-state index >= 15 is 0 Å². The van der Waals surface area contributed by atoms with Crippen molar-refractivity contribution in [2.75, 3.05) is 6.54 Å². The SMILES string of the molecule is Cc1ccc(CC(=O)NCC2C(C)C2C)cc1. The largest absolute Gasteiger partial charge is 0.356 e. The van der Waals surface area contributed by atoms with Gasteiger partial charge >= 0.3 is 0 Å². The number of nitrogens with one attached hydrogen (secondary N) is 1. The normalized spacial score (nSPS) is 26.6. The monoisotopic (exact) mass is 231 g/mol. The third-order valence-corrected chi connectivity index (χ3v) is 4.06. The van der Waals surface area contributed by atoms with Gasteiger partial charge in [-0.15, -0.1) is 0 Å². The van der Waals surface area contributed by atoms with Crippen LogP contribution in [0.15, 0.2) is 24.3 Å². The summed E-state index contributed by atoms with van der Waals surface area (Å²) < 4.78 is 0. The Balaban J connectivity index is 1.76. The quantitative estimate of drug-likeness (QED) is 0.847. The lowest BCUT2D eigenvalue weighted by Gasteiger charge is -2.05. The predicted octanol–water partition coefficient (Wildman–Crippen LogP) is 2.56. The number of benzene rings is 1. The minimum Gasteiger partial charge on any atom is -0.356 e. The molecule has 1 aliphatic rings. The number of carbonyl (C=O) groups is 1. The van der Waals surface area contributed by atoms with E-state index in [1.165, 1.54) is 5.56 Å². The van der Waals surface area contributed by atoms with Crippen LogP contribution in [0.25, 0.3) is 0 Å². The molecule has 1 aliphatic carbocycles. The molecule has 1 N–H and O–H groups in total. The van der Waals surface area contributed by atoms with E-state index in [0.717, 1.165) is 23.9 Å². The molecule has 1 fully saturated rings. The second-order valence-electron chi connectivity index (χ2n) is 5.35. The topological polar surface area (TPSA) is 29.1 Å². The highest BCUT2D eigenvalue weighted by Crippen LogP contribution is 2.44. The number of carbonyl (C=O) groups excluding carboxylic acids is 1. The molecular formula is C15H21NO. The van der Waals surface area contributed by atoms with Gasteiger partial charge in [-0.05, 0) is 30.2 Å². The summed E-state index contributed by atoms with van der Waals surface area (Å²) in [6.07, 6.45) is 0.496. The molecule has 1 aromatic rings. The molecule has 1 amide bonds. The predicted molar refractivity (Wildman–Crippen MR) is 69.7 cm³/mol. The molecule has 0 spiro atoms. The average Bonchev–Trinajstić information content (AvgIpc) is 2.87. The molecule has 0 aliphatic heterocycles. The summed E-state index contributed by atoms with van der Waals surface area (Å²) in [6.45, 7) is 7.40. The van der Waals surface area contributed by atoms with Crippen LogP contribution >= 0.6 is 0 Å². The zero-order chi connectivity index (χ0) is 12.4. The second-order valence-corrected chi connectivity index (χ2v) is 5.35. The summed E-state index contributed by atoms with van der Waals surface area (Å²) in [5.74, 6) is 2.38. The van der Waals surface area contributed by atoms with Crippen molar-refractivity contribution in [3.05, 3.63) is 35.4 Å². The van der Waals surface area contributed by atoms with Crippen LogP contribution in [0.3, 0.4) is 0 Å². The van der Waals surface area contributed by atoms with E-state index in [2.05, 4.69) is 26.1 Å². The Kier molecular flexibility index (Phi) is 3.51. The lowest BCUT2D eigenvalue weighted by Crippen LogP contribution is -2.27. The fraction of sp³-hybridized carbons (Fsp3) is 0.533. The van der Waals surface area contributed by atoms with Crippen molar-refractivity contribution >= 4 is 5.91 Å². The van der Waals surface area contributed by atoms with Gasteiger partial charge in [-0.25, -0.2) is 0 Å². The Morgan fingerprint density at radius 2 is 1.76 bits per heavy atom. The van der Waals surface area contributed by atoms with Gasteiger partial charge in [-0.2, -0.15) is 0 Å². The van der Waals surface area contributed by atoms with Crippen LogP contribution in [0.5, 0.6) is 0 Å². The first kappa shape index (κ1) is 12.2. The van der Waals surface area contributed by atoms with Crippen LogP contribution in [0.4, 0.5) is 0 Å². The molecule has 2 atom stereocenters. The Hall–Kier alpha value is -1.31. The van der Waals surface area contributed by atoms with Gasteiger partial charge in [0.1, 0.15) is 0 Å². The molecule has 1 aromatic carbocycles. The molecular weight excluding hydrogens is 210 g/mol. The van der Waals surface area contributed by atoms with Crippen molar-refractivity contribution in [2.24, 2.45) is 17.8 Å². The number of hydrogen-bond acceptors (Lipinski definition) is 1. The van der Waals surface area contributed by atoms with Gasteiger partial charge in [0.15, 0.2) is 0 Å². The van der Waals surface area contributed by atoms with Crippen LogP contribution in [0.1, 0.15) is 25.0 Å². The maximum atomic E-state index is 11.7. The summed E-state index contributed by atoms with van der Waals surface area (Å²) >= 11 is 0. The van der Waals surface area contributed by atoms with E-state index in [9.17, 15) is 4.79 Å². The number of aryl methyl sites for hydroxylation is 1. The van der Waals surface area contributed by atoms with Crippen LogP contribution in [-0.2, 0) is 11.2 Å². The standard InChI is InChI=1S/C15H21NO/c1-10-4-6-13(7-5-10)8-15(17)16-9-14-11(2)12(14)3/h4-7,11-12,14H,8-9H2,1-3H3,(H,16,17). The van der Waals surface area contributed by atoms with Gasteiger partial charge < -0.3 is 5.32 Å². The minimum atomic E-state index is 0.139. The molecule has 0 aromatic heterocycles. The first-order valence-electron chi connectivity index (χ1n) is 6.40. The first-order chi connectivity index (χ1) is 8.08. The van der Waals surface area contributed by atoms with E-state index in [4.69, 9.17) is 0 Å². The van der Waals surface area contributed by atoms with Crippen molar-refractivity contribution in [1.29, 1.82) is 0 Å². The molecule has 0 saturated heterocycles. The maximum absolute atomic E-state index is 11.7. The smallest absolute Gasteiger partial charge is 0.224 e. The molecule has 0 bridgehead atoms. The van der Waals surface area contributed by atoms with Crippen molar-refractivity contribution in [3.63, 3.8) is 0 Å². The summed E-state index contributed by atoms with van der Waals surface area (Å²) in [5.41, 5.74) is 2.32. The Labute approximate surface area is 103 Å². The van der Waals surface area contributed by atoms with Gasteiger partial charge in [0.25, 0.3) is 0 Å². The van der Waals surface area contributed by atoms with Crippen molar-refractivity contribution in [1.82, 2.24) is 5.32 Å². The van der Waals surface area contributed by atoms with Crippen LogP contribution < -0.4 is 5.32 Å². The van der Waals surface area contributed by atoms with Gasteiger partial charge in [-0.3, -0.25) is 4.79 Å². The minimum absolute atomic E-state index is 0.139. The molecule has 2 rings (SSSR count). The molecule has 0 radical (unpaired) electrons. The van der Waals surface area contributed by atoms with E-state index in [-0.39, 0.29) is 5.91 Å². The van der Waals surface area contributed by atoms with E-state index in [0.29, 0.717) is 12.3 Å². The third kappa shape index (κ3) is 3.09. The van der Waals surface area contributed by atoms with Crippen LogP contribution in [0, 0.1) is 24.7 Å². The highest BCUT2D eigenvalue weighted by molar-refractivity contribution is 5.78. The number of hydrogen-bond donors (Lipinski definition) is 1. The Morgan fingerprint density at radius 3 is 2.29 bits per heavy atom. The molecule has 2 unspecified atom stereocenters. The van der Waals surface area contributed by atoms with Crippen LogP contribution in [-0.4, -0.2) is 12.5 Å². The summed E-state index contributed by atoms with van der Waals surface area (Å²) in [7, 11) is 0. The molecule has 92 valence electrons. The van der Waals surface area contributed by atoms with E-state index in [1.807, 2.05) is 24.3 Å². The fourth-order valence-corrected chi connectivity index (χ4v) is 2.32. The van der Waals surface area contributed by atoms with Crippen molar-refractivity contribution in [3.8, 4) is 0 Å². The average molecular weight is 231 g/mol. The molecule has 2 heteroatoms. The van der Waals surface area contributed by atoms with Gasteiger partial charge in [0.05, 0.1) is 6.42 Å². The molecule has 2 nitrogen and oxygen atoms in total. The van der Waals surface area contributed by atoms with E-state index in [1.54, 1.807) is 0 Å². The molecule has 0 heterocycles. The maximum Gasteiger partial charge on any atom is 0.224 e. The van der Waals surface area contributed by atoms with Crippen LogP contribution in [0.2, 0.25) is 0 Å². The fourth-order valence-electron chi connectivity index (χ4n) is 2.32. The lowest BCUT2D eigenvalue weighted by atomic mass is 10.1. The van der Waals surface area contributed by atoms with Gasteiger partial charge in [0.2, 0.25) is 5.91 Å². The number of amides is 1. The van der Waals surface area contributed by atoms with Crippen molar-refractivity contribution in [2.45, 2.75) is 27.2 Å². The van der Waals surface area contributed by atoms with Gasteiger partial charge in [0, 0.05) is 6.54 Å². The molecule has 17 heavy (non-hydrogen) atoms. The molecule has 1 saturated carbocycles. The summed E-state index contributed by atoms with van der Waals surface area (Å²) in [6, 6.07) is 8.15. The second kappa shape index (κ2) is 4.91. The highest BCUT2D eigenvalue weighted by atomic mass is 16.1. The summed E-state index contributed by atoms with van der Waals surface area (Å²) in [5, 5.41) is 3.03.